The van der Waals surface area contributed by atoms with Crippen molar-refractivity contribution in [3.8, 4) is 5.88 Å². The topological polar surface area (TPSA) is 44.1 Å². The number of hydrogen-bond donors (Lipinski definition) is 0. The van der Waals surface area contributed by atoms with E-state index in [4.69, 9.17) is 4.74 Å². The molecule has 17 heavy (non-hydrogen) atoms. The Morgan fingerprint density at radius 2 is 2.00 bits per heavy atom. The molecule has 0 aliphatic rings. The van der Waals surface area contributed by atoms with Crippen LogP contribution in [0.2, 0.25) is 0 Å². The molecule has 0 saturated heterocycles. The molecule has 0 aliphatic heterocycles. The van der Waals surface area contributed by atoms with E-state index in [9.17, 15) is 4.79 Å². The van der Waals surface area contributed by atoms with E-state index in [-0.39, 0.29) is 5.56 Å². The summed E-state index contributed by atoms with van der Waals surface area (Å²) in [6, 6.07) is 11.0. The van der Waals surface area contributed by atoms with Crippen LogP contribution >= 0.6 is 0 Å². The summed E-state index contributed by atoms with van der Waals surface area (Å²) in [6.45, 7) is 2.49. The minimum absolute atomic E-state index is 0.145. The van der Waals surface area contributed by atoms with Crippen LogP contribution in [0.1, 0.15) is 11.1 Å². The van der Waals surface area contributed by atoms with Crippen LogP contribution < -0.4 is 10.3 Å². The highest BCUT2D eigenvalue weighted by Crippen LogP contribution is 2.10. The minimum Gasteiger partial charge on any atom is -0.472 e. The van der Waals surface area contributed by atoms with E-state index in [1.54, 1.807) is 13.1 Å². The Morgan fingerprint density at radius 1 is 1.24 bits per heavy atom. The molecule has 0 atom stereocenters. The van der Waals surface area contributed by atoms with Crippen LogP contribution in [0.3, 0.4) is 0 Å². The minimum atomic E-state index is -0.145. The number of aryl methyl sites for hydroxylation is 2. The van der Waals surface area contributed by atoms with Gasteiger partial charge in [-0.2, -0.15) is 0 Å². The van der Waals surface area contributed by atoms with E-state index < -0.39 is 0 Å². The van der Waals surface area contributed by atoms with Crippen molar-refractivity contribution in [2.45, 2.75) is 13.5 Å². The van der Waals surface area contributed by atoms with Gasteiger partial charge < -0.3 is 4.74 Å². The molecule has 4 nitrogen and oxygen atoms in total. The van der Waals surface area contributed by atoms with Crippen LogP contribution in [0.25, 0.3) is 0 Å². The van der Waals surface area contributed by atoms with Crippen molar-refractivity contribution >= 4 is 0 Å². The molecule has 0 saturated carbocycles. The van der Waals surface area contributed by atoms with Gasteiger partial charge in [0.1, 0.15) is 6.61 Å². The van der Waals surface area contributed by atoms with Gasteiger partial charge in [-0.25, -0.2) is 4.68 Å². The summed E-state index contributed by atoms with van der Waals surface area (Å²) in [5.41, 5.74) is 2.15. The third kappa shape index (κ3) is 2.72. The van der Waals surface area contributed by atoms with Crippen molar-refractivity contribution in [2.24, 2.45) is 7.05 Å². The highest BCUT2D eigenvalue weighted by molar-refractivity contribution is 5.25. The van der Waals surface area contributed by atoms with Gasteiger partial charge in [0.25, 0.3) is 5.56 Å². The molecular formula is C13H14N2O2. The van der Waals surface area contributed by atoms with Gasteiger partial charge >= 0.3 is 0 Å². The summed E-state index contributed by atoms with van der Waals surface area (Å²) in [4.78, 5) is 11.1. The molecule has 0 amide bonds. The van der Waals surface area contributed by atoms with Gasteiger partial charge in [-0.05, 0) is 18.1 Å². The van der Waals surface area contributed by atoms with Gasteiger partial charge in [-0.3, -0.25) is 4.79 Å². The lowest BCUT2D eigenvalue weighted by molar-refractivity contribution is 0.284. The van der Waals surface area contributed by atoms with E-state index in [2.05, 4.69) is 5.10 Å². The fraction of sp³-hybridized carbons (Fsp3) is 0.231. The van der Waals surface area contributed by atoms with Gasteiger partial charge in [-0.1, -0.05) is 24.3 Å². The summed E-state index contributed by atoms with van der Waals surface area (Å²) in [6.07, 6.45) is 0. The molecule has 4 heteroatoms. The summed E-state index contributed by atoms with van der Waals surface area (Å²) >= 11 is 0. The van der Waals surface area contributed by atoms with Crippen molar-refractivity contribution in [1.82, 2.24) is 9.78 Å². The summed E-state index contributed by atoms with van der Waals surface area (Å²) in [7, 11) is 1.60. The zero-order valence-electron chi connectivity index (χ0n) is 9.88. The van der Waals surface area contributed by atoms with Crippen molar-refractivity contribution in [3.63, 3.8) is 0 Å². The maximum Gasteiger partial charge on any atom is 0.266 e. The second-order valence-corrected chi connectivity index (χ2v) is 3.85. The highest BCUT2D eigenvalue weighted by atomic mass is 16.5. The van der Waals surface area contributed by atoms with Gasteiger partial charge in [0.15, 0.2) is 0 Å². The Labute approximate surface area is 99.5 Å². The van der Waals surface area contributed by atoms with Crippen LogP contribution in [0.5, 0.6) is 5.88 Å². The molecule has 0 fully saturated rings. The molecule has 1 aromatic heterocycles. The van der Waals surface area contributed by atoms with E-state index in [1.165, 1.54) is 16.3 Å². The predicted molar refractivity (Wildman–Crippen MR) is 65.0 cm³/mol. The summed E-state index contributed by atoms with van der Waals surface area (Å²) in [5, 5.41) is 4.00. The van der Waals surface area contributed by atoms with Crippen LogP contribution in [0.4, 0.5) is 0 Å². The molecule has 1 heterocycles. The lowest BCUT2D eigenvalue weighted by Gasteiger charge is -2.08. The fourth-order valence-electron chi connectivity index (χ4n) is 1.48. The van der Waals surface area contributed by atoms with E-state index in [0.717, 1.165) is 5.56 Å². The van der Waals surface area contributed by atoms with Crippen LogP contribution in [0.15, 0.2) is 41.2 Å². The third-order valence-corrected chi connectivity index (χ3v) is 2.57. The highest BCUT2D eigenvalue weighted by Gasteiger charge is 2.01. The predicted octanol–water partition coefficient (Wildman–Crippen LogP) is 1.67. The second-order valence-electron chi connectivity index (χ2n) is 3.85. The molecule has 0 N–H and O–H groups in total. The summed E-state index contributed by atoms with van der Waals surface area (Å²) < 4.78 is 6.79. The molecule has 0 aliphatic carbocycles. The molecule has 0 radical (unpaired) electrons. The number of aromatic nitrogens is 2. The number of ether oxygens (including phenoxy) is 1. The van der Waals surface area contributed by atoms with Gasteiger partial charge in [0.2, 0.25) is 5.88 Å². The fourth-order valence-corrected chi connectivity index (χ4v) is 1.48. The maximum absolute atomic E-state index is 11.1. The first kappa shape index (κ1) is 11.4. The molecule has 0 spiro atoms. The lowest BCUT2D eigenvalue weighted by atomic mass is 10.1. The second kappa shape index (κ2) is 4.82. The Bertz CT molecular complexity index is 576. The molecule has 0 unspecified atom stereocenters. The Balaban J connectivity index is 2.10. The quantitative estimate of drug-likeness (QED) is 0.805. The standard InChI is InChI=1S/C13H14N2O2/c1-10-5-3-4-6-11(10)9-17-12-7-8-13(16)15(2)14-12/h3-8H,9H2,1-2H3. The monoisotopic (exact) mass is 230 g/mol. The van der Waals surface area contributed by atoms with Crippen molar-refractivity contribution < 1.29 is 4.74 Å². The maximum atomic E-state index is 11.1. The van der Waals surface area contributed by atoms with Gasteiger partial charge in [0, 0.05) is 19.2 Å². The molecular weight excluding hydrogens is 216 g/mol. The van der Waals surface area contributed by atoms with Crippen molar-refractivity contribution in [1.29, 1.82) is 0 Å². The van der Waals surface area contributed by atoms with E-state index in [1.807, 2.05) is 31.2 Å². The zero-order chi connectivity index (χ0) is 12.3. The Morgan fingerprint density at radius 3 is 2.71 bits per heavy atom. The van der Waals surface area contributed by atoms with Crippen molar-refractivity contribution in [3.05, 3.63) is 57.9 Å². The van der Waals surface area contributed by atoms with Crippen LogP contribution in [-0.4, -0.2) is 9.78 Å². The number of rotatable bonds is 3. The largest absolute Gasteiger partial charge is 0.472 e. The summed E-state index contributed by atoms with van der Waals surface area (Å²) in [5.74, 6) is 0.454. The van der Waals surface area contributed by atoms with Gasteiger partial charge in [0.05, 0.1) is 0 Å². The molecule has 1 aromatic carbocycles. The first-order chi connectivity index (χ1) is 8.16. The lowest BCUT2D eigenvalue weighted by Crippen LogP contribution is -2.18. The number of nitrogens with zero attached hydrogens (tertiary/aromatic N) is 2. The smallest absolute Gasteiger partial charge is 0.266 e. The third-order valence-electron chi connectivity index (χ3n) is 2.57. The molecule has 2 aromatic rings. The molecule has 0 bridgehead atoms. The molecule has 88 valence electrons. The van der Waals surface area contributed by atoms with E-state index in [0.29, 0.717) is 12.5 Å². The Kier molecular flexibility index (Phi) is 3.23. The van der Waals surface area contributed by atoms with Crippen molar-refractivity contribution in [2.75, 3.05) is 0 Å². The molecule has 2 rings (SSSR count). The SMILES string of the molecule is Cc1ccccc1COc1ccc(=O)n(C)n1. The average molecular weight is 230 g/mol. The first-order valence-electron chi connectivity index (χ1n) is 5.38. The number of hydrogen-bond acceptors (Lipinski definition) is 3. The Hall–Kier alpha value is -2.10. The van der Waals surface area contributed by atoms with E-state index >= 15 is 0 Å². The zero-order valence-corrected chi connectivity index (χ0v) is 9.88. The number of benzene rings is 1. The average Bonchev–Trinajstić information content (AvgIpc) is 2.32. The van der Waals surface area contributed by atoms with Crippen LogP contribution in [-0.2, 0) is 13.7 Å². The van der Waals surface area contributed by atoms with Gasteiger partial charge in [-0.15, -0.1) is 5.10 Å². The normalized spacial score (nSPS) is 10.2. The van der Waals surface area contributed by atoms with Crippen LogP contribution in [0, 0.1) is 6.92 Å². The first-order valence-corrected chi connectivity index (χ1v) is 5.38.